The van der Waals surface area contributed by atoms with E-state index in [0.717, 1.165) is 5.69 Å². The average Bonchev–Trinajstić information content (AvgIpc) is 3.08. The quantitative estimate of drug-likeness (QED) is 0.767. The van der Waals surface area contributed by atoms with Crippen molar-refractivity contribution >= 4 is 0 Å². The molecule has 0 radical (unpaired) electrons. The van der Waals surface area contributed by atoms with E-state index in [9.17, 15) is 0 Å². The molecule has 0 aromatic carbocycles. The van der Waals surface area contributed by atoms with Crippen molar-refractivity contribution in [3.63, 3.8) is 0 Å². The summed E-state index contributed by atoms with van der Waals surface area (Å²) in [6, 6.07) is 11.1. The molecular weight excluding hydrogens is 242 g/mol. The van der Waals surface area contributed by atoms with Gasteiger partial charge in [0.2, 0.25) is 0 Å². The van der Waals surface area contributed by atoms with Crippen LogP contribution in [-0.2, 0) is 6.42 Å². The number of H-pyrrole nitrogens is 1. The van der Waals surface area contributed by atoms with E-state index in [2.05, 4.69) is 20.1 Å². The van der Waals surface area contributed by atoms with Crippen molar-refractivity contribution in [1.82, 2.24) is 20.1 Å². The molecule has 0 spiro atoms. The Balaban J connectivity index is 1.82. The van der Waals surface area contributed by atoms with Gasteiger partial charge in [-0.1, -0.05) is 11.2 Å². The highest BCUT2D eigenvalue weighted by atomic mass is 16.5. The van der Waals surface area contributed by atoms with Crippen LogP contribution >= 0.6 is 0 Å². The van der Waals surface area contributed by atoms with Gasteiger partial charge in [0.15, 0.2) is 5.82 Å². The van der Waals surface area contributed by atoms with Gasteiger partial charge < -0.3 is 9.51 Å². The lowest BCUT2D eigenvalue weighted by atomic mass is 10.2. The van der Waals surface area contributed by atoms with Gasteiger partial charge >= 0.3 is 0 Å². The molecule has 0 unspecified atom stereocenters. The van der Waals surface area contributed by atoms with Crippen LogP contribution in [0.4, 0.5) is 0 Å². The van der Waals surface area contributed by atoms with E-state index < -0.39 is 0 Å². The molecule has 0 amide bonds. The van der Waals surface area contributed by atoms with E-state index in [-0.39, 0.29) is 0 Å². The Labute approximate surface area is 108 Å². The van der Waals surface area contributed by atoms with Crippen molar-refractivity contribution in [2.45, 2.75) is 6.42 Å². The van der Waals surface area contributed by atoms with Gasteiger partial charge in [-0.25, -0.2) is 0 Å². The third kappa shape index (κ3) is 2.35. The summed E-state index contributed by atoms with van der Waals surface area (Å²) < 4.78 is 5.15. The van der Waals surface area contributed by atoms with Gasteiger partial charge in [0.1, 0.15) is 17.5 Å². The molecule has 0 aliphatic heterocycles. The van der Waals surface area contributed by atoms with E-state index >= 15 is 0 Å². The van der Waals surface area contributed by atoms with E-state index in [0.29, 0.717) is 29.5 Å². The van der Waals surface area contributed by atoms with Crippen LogP contribution in [0.3, 0.4) is 0 Å². The lowest BCUT2D eigenvalue weighted by molar-refractivity contribution is 0.422. The maximum absolute atomic E-state index is 8.74. The zero-order valence-corrected chi connectivity index (χ0v) is 9.87. The minimum absolute atomic E-state index is 0.368. The molecule has 3 aromatic rings. The first-order valence-electron chi connectivity index (χ1n) is 5.67. The topological polar surface area (TPSA) is 91.4 Å². The largest absolute Gasteiger partial charge is 0.342 e. The zero-order chi connectivity index (χ0) is 13.1. The summed E-state index contributed by atoms with van der Waals surface area (Å²) in [6.45, 7) is 0. The Morgan fingerprint density at radius 2 is 2.21 bits per heavy atom. The van der Waals surface area contributed by atoms with Crippen molar-refractivity contribution in [1.29, 1.82) is 5.26 Å². The summed E-state index contributed by atoms with van der Waals surface area (Å²) >= 11 is 0. The van der Waals surface area contributed by atoms with Crippen molar-refractivity contribution in [3.05, 3.63) is 53.7 Å². The number of hydrogen-bond donors (Lipinski definition) is 1. The number of aromatic amines is 1. The highest BCUT2D eigenvalue weighted by Gasteiger charge is 2.11. The van der Waals surface area contributed by atoms with Crippen LogP contribution in [0.25, 0.3) is 11.6 Å². The predicted octanol–water partition coefficient (Wildman–Crippen LogP) is 1.92. The molecule has 0 aliphatic carbocycles. The molecule has 0 aliphatic rings. The molecule has 6 nitrogen and oxygen atoms in total. The van der Waals surface area contributed by atoms with Gasteiger partial charge in [0, 0.05) is 11.9 Å². The van der Waals surface area contributed by atoms with Crippen LogP contribution in [0, 0.1) is 11.3 Å². The second-order valence-corrected chi connectivity index (χ2v) is 3.91. The highest BCUT2D eigenvalue weighted by molar-refractivity contribution is 5.49. The number of hydrogen-bond acceptors (Lipinski definition) is 5. The summed E-state index contributed by atoms with van der Waals surface area (Å²) in [5, 5.41) is 12.6. The van der Waals surface area contributed by atoms with Gasteiger partial charge in [-0.15, -0.1) is 0 Å². The number of aromatic nitrogens is 4. The Bertz CT molecular complexity index is 723. The van der Waals surface area contributed by atoms with Gasteiger partial charge in [-0.2, -0.15) is 10.2 Å². The Kier molecular flexibility index (Phi) is 2.79. The minimum atomic E-state index is 0.368. The first-order valence-corrected chi connectivity index (χ1v) is 5.67. The normalized spacial score (nSPS) is 10.3. The van der Waals surface area contributed by atoms with Crippen molar-refractivity contribution in [3.8, 4) is 17.7 Å². The molecule has 92 valence electrons. The van der Waals surface area contributed by atoms with Gasteiger partial charge in [-0.3, -0.25) is 4.98 Å². The third-order valence-corrected chi connectivity index (χ3v) is 2.57. The van der Waals surface area contributed by atoms with Gasteiger partial charge in [0.25, 0.3) is 5.89 Å². The monoisotopic (exact) mass is 251 g/mol. The van der Waals surface area contributed by atoms with Crippen LogP contribution in [-0.4, -0.2) is 20.1 Å². The molecule has 3 aromatic heterocycles. The second kappa shape index (κ2) is 4.74. The summed E-state index contributed by atoms with van der Waals surface area (Å²) in [5.41, 5.74) is 1.97. The Morgan fingerprint density at radius 1 is 1.26 bits per heavy atom. The molecule has 3 heterocycles. The first-order chi connectivity index (χ1) is 9.35. The van der Waals surface area contributed by atoms with E-state index in [1.165, 1.54) is 0 Å². The summed E-state index contributed by atoms with van der Waals surface area (Å²) in [7, 11) is 0. The fraction of sp³-hybridized carbons (Fsp3) is 0.0769. The molecule has 0 saturated carbocycles. The van der Waals surface area contributed by atoms with Crippen LogP contribution in [0.1, 0.15) is 17.2 Å². The lowest BCUT2D eigenvalue weighted by Gasteiger charge is -1.92. The molecule has 0 saturated heterocycles. The molecule has 0 atom stereocenters. The number of nitriles is 1. The summed E-state index contributed by atoms with van der Waals surface area (Å²) in [5.74, 6) is 0.925. The maximum atomic E-state index is 8.74. The lowest BCUT2D eigenvalue weighted by Crippen LogP contribution is -1.93. The Morgan fingerprint density at radius 3 is 2.95 bits per heavy atom. The van der Waals surface area contributed by atoms with E-state index in [1.807, 2.05) is 24.3 Å². The molecule has 0 bridgehead atoms. The van der Waals surface area contributed by atoms with E-state index in [1.54, 1.807) is 18.3 Å². The van der Waals surface area contributed by atoms with Crippen LogP contribution in [0.2, 0.25) is 0 Å². The molecule has 3 rings (SSSR count). The molecule has 6 heteroatoms. The third-order valence-electron chi connectivity index (χ3n) is 2.57. The standard InChI is InChI=1S/C13H9N5O/c14-8-10-4-5-11(16-10)13-17-12(18-19-13)7-9-3-1-2-6-15-9/h1-6,16H,7H2. The fourth-order valence-corrected chi connectivity index (χ4v) is 1.68. The second-order valence-electron chi connectivity index (χ2n) is 3.91. The van der Waals surface area contributed by atoms with Crippen LogP contribution in [0.15, 0.2) is 41.1 Å². The Hall–Kier alpha value is -2.94. The molecular formula is C13H9N5O. The van der Waals surface area contributed by atoms with Gasteiger partial charge in [0.05, 0.1) is 6.42 Å². The van der Waals surface area contributed by atoms with Crippen LogP contribution in [0.5, 0.6) is 0 Å². The first kappa shape index (κ1) is 11.2. The zero-order valence-electron chi connectivity index (χ0n) is 9.87. The number of pyridine rings is 1. The summed E-state index contributed by atoms with van der Waals surface area (Å²) in [4.78, 5) is 11.3. The molecule has 0 fully saturated rings. The van der Waals surface area contributed by atoms with Crippen molar-refractivity contribution in [2.24, 2.45) is 0 Å². The van der Waals surface area contributed by atoms with Crippen LogP contribution < -0.4 is 0 Å². The average molecular weight is 251 g/mol. The highest BCUT2D eigenvalue weighted by Crippen LogP contribution is 2.16. The maximum Gasteiger partial charge on any atom is 0.274 e. The smallest absolute Gasteiger partial charge is 0.274 e. The van der Waals surface area contributed by atoms with Gasteiger partial charge in [-0.05, 0) is 24.3 Å². The van der Waals surface area contributed by atoms with E-state index in [4.69, 9.17) is 9.78 Å². The minimum Gasteiger partial charge on any atom is -0.342 e. The SMILES string of the molecule is N#Cc1ccc(-c2nc(Cc3ccccn3)no2)[nH]1. The molecule has 19 heavy (non-hydrogen) atoms. The van der Waals surface area contributed by atoms with Crippen molar-refractivity contribution in [2.75, 3.05) is 0 Å². The van der Waals surface area contributed by atoms with Crippen molar-refractivity contribution < 1.29 is 4.52 Å². The molecule has 1 N–H and O–H groups in total. The number of rotatable bonds is 3. The number of nitrogens with zero attached hydrogens (tertiary/aromatic N) is 4. The predicted molar refractivity (Wildman–Crippen MR) is 65.8 cm³/mol. The summed E-state index contributed by atoms with van der Waals surface area (Å²) in [6.07, 6.45) is 2.23. The fourth-order valence-electron chi connectivity index (χ4n) is 1.68. The number of nitrogens with one attached hydrogen (secondary N) is 1.